The van der Waals surface area contributed by atoms with E-state index in [4.69, 9.17) is 4.98 Å². The highest BCUT2D eigenvalue weighted by atomic mass is 28.3. The number of aromatic nitrogens is 1. The number of para-hydroxylation sites is 1. The number of pyridine rings is 1. The number of hydrogen-bond acceptors (Lipinski definition) is 3. The van der Waals surface area contributed by atoms with Crippen molar-refractivity contribution < 1.29 is 0 Å². The first-order valence-corrected chi connectivity index (χ1v) is 24.6. The van der Waals surface area contributed by atoms with Gasteiger partial charge in [0.15, 0.2) is 0 Å². The lowest BCUT2D eigenvalue weighted by Gasteiger charge is -2.41. The average molecular weight is 794 g/mol. The van der Waals surface area contributed by atoms with Crippen LogP contribution in [0.25, 0.3) is 33.4 Å². The standard InChI is InChI=1S/C55H52BN3Si/c1-5-41-32-22-33-42(6-2)53(41)59-55(46-30-18-10-19-31-46)54(45-28-16-9-17-29-45)58(56(59)60(3,4)48-34-20-11-21-35-48)51-39-38-47(40-57-51)52-49(43-24-12-7-13-25-43)36-23-37-50(52)44-26-14-8-15-27-44/h7-40,54-55H,5-6H2,1-4H3/t54-,55-/m0/s1. The lowest BCUT2D eigenvalue weighted by molar-refractivity contribution is 0.613. The maximum atomic E-state index is 5.60. The summed E-state index contributed by atoms with van der Waals surface area (Å²) in [4.78, 5) is 11.2. The SMILES string of the molecule is CCc1cccc(CC)c1N1B([Si](C)(C)c2ccccc2)N(c2ccc(-c3c(-c4ccccc4)cccc3-c3ccccc3)cn2)[C@@H](c2ccccc2)[C@@H]1c1ccccc1. The lowest BCUT2D eigenvalue weighted by Crippen LogP contribution is -2.68. The van der Waals surface area contributed by atoms with Gasteiger partial charge in [0.25, 0.3) is 0 Å². The van der Waals surface area contributed by atoms with Gasteiger partial charge in [0.1, 0.15) is 13.8 Å². The van der Waals surface area contributed by atoms with Crippen LogP contribution in [0.15, 0.2) is 206 Å². The number of nitrogens with zero attached hydrogens (tertiary/aromatic N) is 3. The predicted molar refractivity (Wildman–Crippen MR) is 258 cm³/mol. The van der Waals surface area contributed by atoms with E-state index in [2.05, 4.69) is 243 Å². The Labute approximate surface area is 358 Å². The largest absolute Gasteiger partial charge is 0.389 e. The molecular weight excluding hydrogens is 742 g/mol. The van der Waals surface area contributed by atoms with Crippen LogP contribution in [0, 0.1) is 0 Å². The summed E-state index contributed by atoms with van der Waals surface area (Å²) in [5.74, 6) is 0.989. The van der Waals surface area contributed by atoms with E-state index in [0.717, 1.165) is 24.2 Å². The molecule has 9 rings (SSSR count). The second-order valence-corrected chi connectivity index (χ2v) is 21.0. The second-order valence-electron chi connectivity index (χ2n) is 16.5. The molecule has 7 aromatic carbocycles. The van der Waals surface area contributed by atoms with Gasteiger partial charge in [-0.25, -0.2) is 4.98 Å². The van der Waals surface area contributed by atoms with E-state index in [9.17, 15) is 0 Å². The van der Waals surface area contributed by atoms with Crippen LogP contribution >= 0.6 is 0 Å². The van der Waals surface area contributed by atoms with E-state index in [1.807, 2.05) is 0 Å². The summed E-state index contributed by atoms with van der Waals surface area (Å²) >= 11 is 0. The van der Waals surface area contributed by atoms with Crippen LogP contribution in [0.3, 0.4) is 0 Å². The Morgan fingerprint density at radius 2 is 0.917 bits per heavy atom. The van der Waals surface area contributed by atoms with E-state index < -0.39 is 7.94 Å². The molecule has 1 aliphatic heterocycles. The van der Waals surface area contributed by atoms with Gasteiger partial charge in [0, 0.05) is 17.4 Å². The van der Waals surface area contributed by atoms with Crippen LogP contribution in [-0.4, -0.2) is 19.5 Å². The summed E-state index contributed by atoms with van der Waals surface area (Å²) in [5, 5.41) is 1.43. The topological polar surface area (TPSA) is 19.4 Å². The van der Waals surface area contributed by atoms with Gasteiger partial charge >= 0.3 is 6.57 Å². The zero-order valence-electron chi connectivity index (χ0n) is 35.1. The zero-order valence-corrected chi connectivity index (χ0v) is 36.1. The Kier molecular flexibility index (Phi) is 11.1. The fourth-order valence-electron chi connectivity index (χ4n) is 9.78. The van der Waals surface area contributed by atoms with Crippen molar-refractivity contribution in [2.45, 2.75) is 51.9 Å². The lowest BCUT2D eigenvalue weighted by atomic mass is 9.88. The maximum Gasteiger partial charge on any atom is 0.363 e. The molecule has 1 fully saturated rings. The third-order valence-electron chi connectivity index (χ3n) is 12.6. The van der Waals surface area contributed by atoms with Crippen molar-refractivity contribution in [3.8, 4) is 33.4 Å². The Bertz CT molecular complexity index is 2580. The van der Waals surface area contributed by atoms with Crippen molar-refractivity contribution >= 4 is 31.2 Å². The molecule has 8 aromatic rings. The van der Waals surface area contributed by atoms with Gasteiger partial charge in [0.05, 0.1) is 12.1 Å². The van der Waals surface area contributed by atoms with Crippen LogP contribution in [0.4, 0.5) is 11.5 Å². The molecule has 0 spiro atoms. The summed E-state index contributed by atoms with van der Waals surface area (Å²) in [6, 6.07) is 73.5. The highest BCUT2D eigenvalue weighted by Gasteiger charge is 2.59. The number of benzene rings is 7. The quantitative estimate of drug-likeness (QED) is 0.122. The molecule has 0 amide bonds. The molecule has 5 heteroatoms. The van der Waals surface area contributed by atoms with Gasteiger partial charge in [-0.15, -0.1) is 0 Å². The van der Waals surface area contributed by atoms with Crippen LogP contribution in [0.1, 0.15) is 48.2 Å². The third kappa shape index (κ3) is 7.18. The molecule has 0 radical (unpaired) electrons. The molecule has 3 nitrogen and oxygen atoms in total. The minimum Gasteiger partial charge on any atom is -0.389 e. The minimum atomic E-state index is -2.43. The molecule has 0 saturated carbocycles. The summed E-state index contributed by atoms with van der Waals surface area (Å²) in [6.45, 7) is 9.77. The number of anilines is 2. The molecule has 0 aliphatic carbocycles. The van der Waals surface area contributed by atoms with Gasteiger partial charge in [-0.3, -0.25) is 0 Å². The molecule has 2 heterocycles. The van der Waals surface area contributed by atoms with Crippen molar-refractivity contribution in [3.63, 3.8) is 0 Å². The first-order valence-electron chi connectivity index (χ1n) is 21.5. The first-order chi connectivity index (χ1) is 29.5. The molecule has 0 N–H and O–H groups in total. The van der Waals surface area contributed by atoms with Gasteiger partial charge < -0.3 is 9.62 Å². The molecule has 0 unspecified atom stereocenters. The summed E-state index contributed by atoms with van der Waals surface area (Å²) in [6.07, 6.45) is 4.04. The zero-order chi connectivity index (χ0) is 41.1. The molecular formula is C55H52BN3Si. The molecule has 1 saturated heterocycles. The summed E-state index contributed by atoms with van der Waals surface area (Å²) in [5.41, 5.74) is 13.8. The van der Waals surface area contributed by atoms with E-state index in [1.165, 1.54) is 60.9 Å². The normalized spacial score (nSPS) is 15.4. The minimum absolute atomic E-state index is 0.0112. The summed E-state index contributed by atoms with van der Waals surface area (Å²) < 4.78 is 0. The van der Waals surface area contributed by atoms with E-state index >= 15 is 0 Å². The van der Waals surface area contributed by atoms with Gasteiger partial charge in [-0.2, -0.15) is 0 Å². The van der Waals surface area contributed by atoms with E-state index in [0.29, 0.717) is 0 Å². The fraction of sp³-hybridized carbons (Fsp3) is 0.145. The van der Waals surface area contributed by atoms with E-state index in [-0.39, 0.29) is 18.7 Å². The molecule has 2 atom stereocenters. The maximum absolute atomic E-state index is 5.60. The highest BCUT2D eigenvalue weighted by molar-refractivity contribution is 7.40. The van der Waals surface area contributed by atoms with Crippen molar-refractivity contribution in [1.82, 2.24) is 4.98 Å². The van der Waals surface area contributed by atoms with Crippen LogP contribution < -0.4 is 14.8 Å². The van der Waals surface area contributed by atoms with Crippen molar-refractivity contribution in [3.05, 3.63) is 229 Å². The molecule has 60 heavy (non-hydrogen) atoms. The Morgan fingerprint density at radius 1 is 0.467 bits per heavy atom. The fourth-order valence-corrected chi connectivity index (χ4v) is 13.1. The van der Waals surface area contributed by atoms with Gasteiger partial charge in [-0.1, -0.05) is 220 Å². The van der Waals surface area contributed by atoms with Crippen LogP contribution in [0.5, 0.6) is 0 Å². The summed E-state index contributed by atoms with van der Waals surface area (Å²) in [7, 11) is -2.43. The number of rotatable bonds is 11. The second kappa shape index (κ2) is 17.0. The molecule has 1 aromatic heterocycles. The van der Waals surface area contributed by atoms with Gasteiger partial charge in [0.2, 0.25) is 0 Å². The predicted octanol–water partition coefficient (Wildman–Crippen LogP) is 13.2. The highest BCUT2D eigenvalue weighted by Crippen LogP contribution is 2.53. The van der Waals surface area contributed by atoms with Crippen molar-refractivity contribution in [1.29, 1.82) is 0 Å². The third-order valence-corrected chi connectivity index (χ3v) is 16.3. The number of aryl methyl sites for hydroxylation is 2. The average Bonchev–Trinajstić information content (AvgIpc) is 3.69. The molecule has 0 bridgehead atoms. The Hall–Kier alpha value is -6.43. The van der Waals surface area contributed by atoms with Gasteiger partial charge in [-0.05, 0) is 75.0 Å². The van der Waals surface area contributed by atoms with Crippen molar-refractivity contribution in [2.24, 2.45) is 0 Å². The molecule has 294 valence electrons. The number of hydrogen-bond donors (Lipinski definition) is 0. The Balaban J connectivity index is 1.31. The van der Waals surface area contributed by atoms with Crippen LogP contribution in [0.2, 0.25) is 13.1 Å². The Morgan fingerprint density at radius 3 is 1.38 bits per heavy atom. The van der Waals surface area contributed by atoms with E-state index in [1.54, 1.807) is 0 Å². The van der Waals surface area contributed by atoms with Crippen LogP contribution in [-0.2, 0) is 12.8 Å². The molecule has 1 aliphatic rings. The van der Waals surface area contributed by atoms with Crippen molar-refractivity contribution in [2.75, 3.05) is 9.62 Å². The smallest absolute Gasteiger partial charge is 0.363 e. The monoisotopic (exact) mass is 793 g/mol. The first kappa shape index (κ1) is 39.1.